The fourth-order valence-corrected chi connectivity index (χ4v) is 3.46. The van der Waals surface area contributed by atoms with Gasteiger partial charge in [0, 0.05) is 24.1 Å². The van der Waals surface area contributed by atoms with Crippen LogP contribution >= 0.6 is 0 Å². The first-order valence-corrected chi connectivity index (χ1v) is 10.5. The van der Waals surface area contributed by atoms with Crippen LogP contribution in [0.15, 0.2) is 89.5 Å². The second-order valence-electron chi connectivity index (χ2n) is 7.61. The highest BCUT2D eigenvalue weighted by molar-refractivity contribution is 5.76. The molecule has 1 aromatic heterocycles. The van der Waals surface area contributed by atoms with Crippen molar-refractivity contribution in [3.8, 4) is 11.1 Å². The smallest absolute Gasteiger partial charge is 0.189 e. The van der Waals surface area contributed by atoms with E-state index in [4.69, 9.17) is 9.93 Å². The van der Waals surface area contributed by atoms with Crippen molar-refractivity contribution in [3.05, 3.63) is 113 Å². The van der Waals surface area contributed by atoms with Gasteiger partial charge in [0.15, 0.2) is 11.7 Å². The molecule has 1 heterocycles. The Hall–Kier alpha value is -3.93. The molecule has 3 aromatic carbocycles. The molecule has 0 saturated carbocycles. The molecular formula is C26H25FN4O. The van der Waals surface area contributed by atoms with Crippen LogP contribution in [0.3, 0.4) is 0 Å². The fourth-order valence-electron chi connectivity index (χ4n) is 3.46. The highest BCUT2D eigenvalue weighted by Gasteiger charge is 2.16. The zero-order valence-electron chi connectivity index (χ0n) is 17.8. The minimum absolute atomic E-state index is 0.123. The van der Waals surface area contributed by atoms with Crippen molar-refractivity contribution < 1.29 is 8.91 Å². The number of hydrogen-bond donors (Lipinski definition) is 3. The normalized spacial score (nSPS) is 11.7. The van der Waals surface area contributed by atoms with Gasteiger partial charge in [-0.3, -0.25) is 5.41 Å². The van der Waals surface area contributed by atoms with Gasteiger partial charge in [0.2, 0.25) is 0 Å². The van der Waals surface area contributed by atoms with Crippen molar-refractivity contribution >= 4 is 5.96 Å². The molecule has 4 rings (SSSR count). The van der Waals surface area contributed by atoms with Crippen molar-refractivity contribution in [2.24, 2.45) is 0 Å². The van der Waals surface area contributed by atoms with Crippen LogP contribution in [-0.2, 0) is 13.1 Å². The summed E-state index contributed by atoms with van der Waals surface area (Å²) in [5, 5.41) is 18.1. The molecule has 0 saturated heterocycles. The van der Waals surface area contributed by atoms with Crippen molar-refractivity contribution in [2.45, 2.75) is 25.9 Å². The molecule has 162 valence electrons. The molecule has 1 unspecified atom stereocenters. The van der Waals surface area contributed by atoms with Crippen LogP contribution < -0.4 is 10.6 Å². The van der Waals surface area contributed by atoms with Gasteiger partial charge < -0.3 is 15.2 Å². The Kier molecular flexibility index (Phi) is 6.60. The summed E-state index contributed by atoms with van der Waals surface area (Å²) < 4.78 is 20.2. The van der Waals surface area contributed by atoms with Crippen LogP contribution in [0, 0.1) is 11.2 Å². The summed E-state index contributed by atoms with van der Waals surface area (Å²) in [5.41, 5.74) is 4.07. The maximum absolute atomic E-state index is 14.7. The molecule has 0 bridgehead atoms. The Morgan fingerprint density at radius 3 is 2.34 bits per heavy atom. The lowest BCUT2D eigenvalue weighted by molar-refractivity contribution is 0.372. The van der Waals surface area contributed by atoms with E-state index in [1.54, 1.807) is 12.1 Å². The maximum Gasteiger partial charge on any atom is 0.189 e. The fraction of sp³-hybridized carbons (Fsp3) is 0.154. The number of benzene rings is 3. The zero-order valence-corrected chi connectivity index (χ0v) is 17.8. The van der Waals surface area contributed by atoms with Crippen LogP contribution in [-0.4, -0.2) is 11.1 Å². The van der Waals surface area contributed by atoms with Gasteiger partial charge in [0.05, 0.1) is 12.2 Å². The molecule has 4 aromatic rings. The van der Waals surface area contributed by atoms with E-state index >= 15 is 0 Å². The summed E-state index contributed by atoms with van der Waals surface area (Å²) in [7, 11) is 0. The largest absolute Gasteiger partial charge is 0.359 e. The first kappa shape index (κ1) is 21.3. The summed E-state index contributed by atoms with van der Waals surface area (Å²) in [5.74, 6) is 0.435. The van der Waals surface area contributed by atoms with E-state index in [2.05, 4.69) is 15.8 Å². The monoisotopic (exact) mass is 428 g/mol. The molecule has 0 spiro atoms. The summed E-state index contributed by atoms with van der Waals surface area (Å²) >= 11 is 0. The van der Waals surface area contributed by atoms with E-state index in [9.17, 15) is 4.39 Å². The van der Waals surface area contributed by atoms with E-state index in [0.29, 0.717) is 24.4 Å². The molecule has 32 heavy (non-hydrogen) atoms. The Bertz CT molecular complexity index is 1170. The number of halogens is 1. The number of aromatic nitrogens is 1. The Morgan fingerprint density at radius 2 is 1.62 bits per heavy atom. The third-order valence-electron chi connectivity index (χ3n) is 5.35. The Morgan fingerprint density at radius 1 is 0.938 bits per heavy atom. The summed E-state index contributed by atoms with van der Waals surface area (Å²) in [4.78, 5) is 0. The lowest BCUT2D eigenvalue weighted by Gasteiger charge is -2.11. The molecule has 0 aliphatic rings. The van der Waals surface area contributed by atoms with E-state index in [0.717, 1.165) is 22.4 Å². The standard InChI is InChI=1S/C26H25FN4O/c1-18(21-12-13-23(24(27)14-21)20-10-6-3-7-11-20)25-15-22(32-31-25)17-30-26(28)29-16-19-8-4-2-5-9-19/h2-15,18H,16-17H2,1H3,(H3,28,29,30). The zero-order chi connectivity index (χ0) is 22.3. The number of nitrogens with zero attached hydrogens (tertiary/aromatic N) is 1. The van der Waals surface area contributed by atoms with Gasteiger partial charge in [-0.2, -0.15) is 0 Å². The molecule has 0 radical (unpaired) electrons. The van der Waals surface area contributed by atoms with Crippen molar-refractivity contribution in [2.75, 3.05) is 0 Å². The van der Waals surface area contributed by atoms with Crippen LogP contribution in [0.4, 0.5) is 4.39 Å². The number of guanidine groups is 1. The lowest BCUT2D eigenvalue weighted by Crippen LogP contribution is -2.35. The van der Waals surface area contributed by atoms with Crippen LogP contribution in [0.1, 0.15) is 35.4 Å². The van der Waals surface area contributed by atoms with E-state index in [-0.39, 0.29) is 17.7 Å². The van der Waals surface area contributed by atoms with Gasteiger partial charge in [-0.1, -0.05) is 84.9 Å². The third kappa shape index (κ3) is 5.21. The van der Waals surface area contributed by atoms with E-state index in [1.165, 1.54) is 0 Å². The van der Waals surface area contributed by atoms with Gasteiger partial charge in [-0.25, -0.2) is 4.39 Å². The Labute approximate surface area is 186 Å². The Balaban J connectivity index is 1.35. The van der Waals surface area contributed by atoms with E-state index in [1.807, 2.05) is 79.7 Å². The van der Waals surface area contributed by atoms with Gasteiger partial charge in [0.1, 0.15) is 5.82 Å². The molecule has 0 amide bonds. The van der Waals surface area contributed by atoms with E-state index < -0.39 is 0 Å². The third-order valence-corrected chi connectivity index (χ3v) is 5.35. The summed E-state index contributed by atoms with van der Waals surface area (Å²) in [6.07, 6.45) is 0. The number of hydrogen-bond acceptors (Lipinski definition) is 3. The van der Waals surface area contributed by atoms with Crippen LogP contribution in [0.5, 0.6) is 0 Å². The maximum atomic E-state index is 14.7. The quantitative estimate of drug-likeness (QED) is 0.270. The molecule has 5 nitrogen and oxygen atoms in total. The second-order valence-corrected chi connectivity index (χ2v) is 7.61. The summed E-state index contributed by atoms with van der Waals surface area (Å²) in [6.45, 7) is 2.87. The molecule has 0 aliphatic carbocycles. The van der Waals surface area contributed by atoms with Gasteiger partial charge in [-0.05, 0) is 22.8 Å². The van der Waals surface area contributed by atoms with Crippen molar-refractivity contribution in [1.82, 2.24) is 15.8 Å². The topological polar surface area (TPSA) is 73.9 Å². The lowest BCUT2D eigenvalue weighted by atomic mass is 9.94. The van der Waals surface area contributed by atoms with Crippen LogP contribution in [0.25, 0.3) is 11.1 Å². The van der Waals surface area contributed by atoms with Crippen LogP contribution in [0.2, 0.25) is 0 Å². The average molecular weight is 429 g/mol. The van der Waals surface area contributed by atoms with Gasteiger partial charge in [-0.15, -0.1) is 0 Å². The number of nitrogens with one attached hydrogen (secondary N) is 3. The van der Waals surface area contributed by atoms with Crippen molar-refractivity contribution in [1.29, 1.82) is 5.41 Å². The molecular weight excluding hydrogens is 403 g/mol. The molecule has 0 aliphatic heterocycles. The number of rotatable bonds is 7. The minimum Gasteiger partial charge on any atom is -0.359 e. The molecule has 1 atom stereocenters. The summed E-state index contributed by atoms with van der Waals surface area (Å²) in [6, 6.07) is 26.5. The van der Waals surface area contributed by atoms with Gasteiger partial charge in [0.25, 0.3) is 0 Å². The minimum atomic E-state index is -0.260. The predicted molar refractivity (Wildman–Crippen MR) is 124 cm³/mol. The first-order chi connectivity index (χ1) is 15.6. The predicted octanol–water partition coefficient (Wildman–Crippen LogP) is 5.45. The molecule has 0 fully saturated rings. The highest BCUT2D eigenvalue weighted by atomic mass is 19.1. The highest BCUT2D eigenvalue weighted by Crippen LogP contribution is 2.29. The SMILES string of the molecule is CC(c1ccc(-c2ccccc2)c(F)c1)c1cc(CNC(=N)NCc2ccccc2)on1. The second kappa shape index (κ2) is 9.92. The molecule has 6 heteroatoms. The average Bonchev–Trinajstić information content (AvgIpc) is 3.31. The molecule has 3 N–H and O–H groups in total. The van der Waals surface area contributed by atoms with Crippen molar-refractivity contribution in [3.63, 3.8) is 0 Å². The van der Waals surface area contributed by atoms with Gasteiger partial charge >= 0.3 is 0 Å². The first-order valence-electron chi connectivity index (χ1n) is 10.5.